The molecule has 0 unspecified atom stereocenters. The molecule has 0 bridgehead atoms. The predicted octanol–water partition coefficient (Wildman–Crippen LogP) is 1.78. The number of benzene rings is 1. The van der Waals surface area contributed by atoms with Crippen molar-refractivity contribution in [3.05, 3.63) is 28.3 Å². The Morgan fingerprint density at radius 1 is 1.33 bits per heavy atom. The van der Waals surface area contributed by atoms with Crippen molar-refractivity contribution in [1.82, 2.24) is 14.8 Å². The molecule has 1 N–H and O–H groups in total. The topological polar surface area (TPSA) is 91.6 Å². The number of aromatic nitrogens is 1. The molecular weight excluding hydrogens is 330 g/mol. The van der Waals surface area contributed by atoms with E-state index in [1.807, 2.05) is 0 Å². The molecule has 0 atom stereocenters. The molecular formula is C15H19N5O3S. The number of carbonyl (C=O) groups excluding carboxylic acids is 1. The Kier molecular flexibility index (Phi) is 5.03. The highest BCUT2D eigenvalue weighted by molar-refractivity contribution is 7.22. The molecule has 1 aromatic carbocycles. The molecule has 0 aliphatic carbocycles. The Balaban J connectivity index is 1.60. The molecule has 2 heterocycles. The Morgan fingerprint density at radius 2 is 2.04 bits per heavy atom. The highest BCUT2D eigenvalue weighted by Crippen LogP contribution is 2.29. The summed E-state index contributed by atoms with van der Waals surface area (Å²) in [6, 6.07) is 4.50. The van der Waals surface area contributed by atoms with Gasteiger partial charge in [0.2, 0.25) is 5.91 Å². The number of nitrogens with zero attached hydrogens (tertiary/aromatic N) is 4. The van der Waals surface area contributed by atoms with Gasteiger partial charge < -0.3 is 10.2 Å². The summed E-state index contributed by atoms with van der Waals surface area (Å²) in [7, 11) is 0. The number of amides is 1. The number of nitro benzene ring substituents is 1. The number of nitro groups is 1. The van der Waals surface area contributed by atoms with Crippen molar-refractivity contribution in [1.29, 1.82) is 0 Å². The second kappa shape index (κ2) is 7.20. The van der Waals surface area contributed by atoms with Crippen molar-refractivity contribution < 1.29 is 9.72 Å². The van der Waals surface area contributed by atoms with Crippen molar-refractivity contribution in [3.8, 4) is 0 Å². The van der Waals surface area contributed by atoms with E-state index in [2.05, 4.69) is 27.0 Å². The molecule has 24 heavy (non-hydrogen) atoms. The summed E-state index contributed by atoms with van der Waals surface area (Å²) in [6.07, 6.45) is 0. The maximum absolute atomic E-state index is 12.2. The molecule has 0 saturated carbocycles. The van der Waals surface area contributed by atoms with Gasteiger partial charge in [-0.3, -0.25) is 19.8 Å². The number of hydrogen-bond acceptors (Lipinski definition) is 7. The first-order valence-electron chi connectivity index (χ1n) is 7.84. The summed E-state index contributed by atoms with van der Waals surface area (Å²) in [5.74, 6) is -0.103. The van der Waals surface area contributed by atoms with Crippen LogP contribution >= 0.6 is 11.3 Å². The van der Waals surface area contributed by atoms with E-state index in [9.17, 15) is 14.9 Å². The number of rotatable bonds is 5. The zero-order valence-corrected chi connectivity index (χ0v) is 14.2. The van der Waals surface area contributed by atoms with Crippen LogP contribution in [0, 0.1) is 10.1 Å². The van der Waals surface area contributed by atoms with Crippen molar-refractivity contribution in [2.24, 2.45) is 0 Å². The van der Waals surface area contributed by atoms with Crippen LogP contribution in [-0.2, 0) is 4.79 Å². The fourth-order valence-electron chi connectivity index (χ4n) is 2.71. The lowest BCUT2D eigenvalue weighted by atomic mass is 10.3. The Hall–Kier alpha value is -2.10. The average Bonchev–Trinajstić information content (AvgIpc) is 2.96. The zero-order valence-electron chi connectivity index (χ0n) is 13.4. The first kappa shape index (κ1) is 16.7. The molecule has 3 rings (SSSR count). The molecule has 1 aromatic heterocycles. The van der Waals surface area contributed by atoms with Crippen LogP contribution < -0.4 is 5.32 Å². The quantitative estimate of drug-likeness (QED) is 0.653. The van der Waals surface area contributed by atoms with Crippen LogP contribution in [0.5, 0.6) is 0 Å². The van der Waals surface area contributed by atoms with Crippen molar-refractivity contribution in [2.45, 2.75) is 6.92 Å². The van der Waals surface area contributed by atoms with Gasteiger partial charge in [0.1, 0.15) is 0 Å². The third-order valence-corrected chi connectivity index (χ3v) is 5.04. The summed E-state index contributed by atoms with van der Waals surface area (Å²) >= 11 is 1.25. The van der Waals surface area contributed by atoms with Crippen LogP contribution in [0.3, 0.4) is 0 Å². The number of fused-ring (bicyclic) bond motifs is 1. The highest BCUT2D eigenvalue weighted by Gasteiger charge is 2.18. The molecule has 0 spiro atoms. The molecule has 1 saturated heterocycles. The van der Waals surface area contributed by atoms with Gasteiger partial charge in [-0.2, -0.15) is 0 Å². The zero-order chi connectivity index (χ0) is 17.1. The summed E-state index contributed by atoms with van der Waals surface area (Å²) in [6.45, 7) is 7.25. The van der Waals surface area contributed by atoms with Gasteiger partial charge in [0, 0.05) is 38.3 Å². The molecule has 1 aliphatic heterocycles. The third-order valence-electron chi connectivity index (χ3n) is 4.11. The maximum atomic E-state index is 12.2. The fraction of sp³-hybridized carbons (Fsp3) is 0.467. The van der Waals surface area contributed by atoms with E-state index in [1.54, 1.807) is 6.07 Å². The smallest absolute Gasteiger partial charge is 0.270 e. The number of non-ortho nitro benzene ring substituents is 1. The molecule has 1 aliphatic rings. The minimum absolute atomic E-state index is 0.0258. The summed E-state index contributed by atoms with van der Waals surface area (Å²) in [4.78, 5) is 31.3. The SMILES string of the molecule is CCN1CCN(CC(=O)Nc2nc3ccc([N+](=O)[O-])cc3s2)CC1. The fourth-order valence-corrected chi connectivity index (χ4v) is 3.62. The first-order chi connectivity index (χ1) is 11.5. The van der Waals surface area contributed by atoms with Gasteiger partial charge in [-0.1, -0.05) is 18.3 Å². The summed E-state index contributed by atoms with van der Waals surface area (Å²) in [5, 5.41) is 14.1. The van der Waals surface area contributed by atoms with E-state index >= 15 is 0 Å². The lowest BCUT2D eigenvalue weighted by Gasteiger charge is -2.33. The van der Waals surface area contributed by atoms with Crippen LogP contribution in [0.25, 0.3) is 10.2 Å². The Morgan fingerprint density at radius 3 is 2.71 bits per heavy atom. The van der Waals surface area contributed by atoms with Gasteiger partial charge in [0.15, 0.2) is 5.13 Å². The molecule has 9 heteroatoms. The maximum Gasteiger partial charge on any atom is 0.270 e. The number of thiazole rings is 1. The number of carbonyl (C=O) groups is 1. The number of hydrogen-bond donors (Lipinski definition) is 1. The molecule has 1 amide bonds. The van der Waals surface area contributed by atoms with Crippen molar-refractivity contribution >= 4 is 38.3 Å². The highest BCUT2D eigenvalue weighted by atomic mass is 32.1. The summed E-state index contributed by atoms with van der Waals surface area (Å²) < 4.78 is 0.691. The largest absolute Gasteiger partial charge is 0.301 e. The normalized spacial score (nSPS) is 16.4. The minimum Gasteiger partial charge on any atom is -0.301 e. The molecule has 128 valence electrons. The van der Waals surface area contributed by atoms with Gasteiger partial charge in [-0.25, -0.2) is 4.98 Å². The first-order valence-corrected chi connectivity index (χ1v) is 8.66. The molecule has 2 aromatic rings. The van der Waals surface area contributed by atoms with Gasteiger partial charge in [0.05, 0.1) is 21.7 Å². The third kappa shape index (κ3) is 3.86. The number of anilines is 1. The monoisotopic (exact) mass is 349 g/mol. The van der Waals surface area contributed by atoms with E-state index in [1.165, 1.54) is 23.5 Å². The van der Waals surface area contributed by atoms with E-state index in [-0.39, 0.29) is 11.6 Å². The van der Waals surface area contributed by atoms with Gasteiger partial charge >= 0.3 is 0 Å². The average molecular weight is 349 g/mol. The van der Waals surface area contributed by atoms with Gasteiger partial charge in [-0.15, -0.1) is 0 Å². The Bertz CT molecular complexity index is 755. The standard InChI is InChI=1S/C15H19N5O3S/c1-2-18-5-7-19(8-6-18)10-14(21)17-15-16-12-4-3-11(20(22)23)9-13(12)24-15/h3-4,9H,2,5-8,10H2,1H3,(H,16,17,21). The van der Waals surface area contributed by atoms with Crippen LogP contribution in [0.2, 0.25) is 0 Å². The lowest BCUT2D eigenvalue weighted by molar-refractivity contribution is -0.384. The second-order valence-electron chi connectivity index (χ2n) is 5.69. The van der Waals surface area contributed by atoms with Crippen molar-refractivity contribution in [3.63, 3.8) is 0 Å². The van der Waals surface area contributed by atoms with E-state index in [4.69, 9.17) is 0 Å². The van der Waals surface area contributed by atoms with Gasteiger partial charge in [0.25, 0.3) is 5.69 Å². The number of piperazine rings is 1. The minimum atomic E-state index is -0.437. The van der Waals surface area contributed by atoms with Crippen LogP contribution in [0.1, 0.15) is 6.92 Å². The van der Waals surface area contributed by atoms with Crippen LogP contribution in [-0.4, -0.2) is 64.9 Å². The second-order valence-corrected chi connectivity index (χ2v) is 6.72. The lowest BCUT2D eigenvalue weighted by Crippen LogP contribution is -2.48. The van der Waals surface area contributed by atoms with Crippen molar-refractivity contribution in [2.75, 3.05) is 44.6 Å². The predicted molar refractivity (Wildman–Crippen MR) is 93.5 cm³/mol. The van der Waals surface area contributed by atoms with E-state index in [0.29, 0.717) is 21.9 Å². The van der Waals surface area contributed by atoms with Crippen LogP contribution in [0.4, 0.5) is 10.8 Å². The van der Waals surface area contributed by atoms with E-state index < -0.39 is 4.92 Å². The van der Waals surface area contributed by atoms with E-state index in [0.717, 1.165) is 32.7 Å². The molecule has 1 fully saturated rings. The van der Waals surface area contributed by atoms with Gasteiger partial charge in [-0.05, 0) is 12.6 Å². The Labute approximate surface area is 143 Å². The summed E-state index contributed by atoms with van der Waals surface area (Å²) in [5.41, 5.74) is 0.676. The van der Waals surface area contributed by atoms with Crippen LogP contribution in [0.15, 0.2) is 18.2 Å². The molecule has 0 radical (unpaired) electrons. The number of likely N-dealkylation sites (N-methyl/N-ethyl adjacent to an activating group) is 1. The molecule has 8 nitrogen and oxygen atoms in total. The number of nitrogens with one attached hydrogen (secondary N) is 1.